The Bertz CT molecular complexity index is 676. The number of phenolic OH excluding ortho intramolecular Hbond substituents is 1. The molecule has 2 unspecified atom stereocenters. The molecule has 0 aliphatic heterocycles. The van der Waals surface area contributed by atoms with Crippen LogP contribution in [-0.2, 0) is 6.42 Å². The first kappa shape index (κ1) is 18.8. The maximum atomic E-state index is 13.6. The van der Waals surface area contributed by atoms with Gasteiger partial charge in [0.1, 0.15) is 11.6 Å². The van der Waals surface area contributed by atoms with Crippen LogP contribution >= 0.6 is 12.4 Å². The van der Waals surface area contributed by atoms with Gasteiger partial charge in [-0.15, -0.1) is 12.4 Å². The van der Waals surface area contributed by atoms with Crippen LogP contribution in [0, 0.1) is 5.82 Å². The fourth-order valence-electron chi connectivity index (χ4n) is 3.83. The largest absolute Gasteiger partial charge is 0.508 e. The number of hydrogen-bond donors (Lipinski definition) is 2. The van der Waals surface area contributed by atoms with E-state index in [0.29, 0.717) is 17.6 Å². The van der Waals surface area contributed by atoms with Gasteiger partial charge in [-0.1, -0.05) is 18.2 Å². The molecule has 4 heteroatoms. The quantitative estimate of drug-likeness (QED) is 0.815. The summed E-state index contributed by atoms with van der Waals surface area (Å²) >= 11 is 0. The Morgan fingerprint density at radius 2 is 2.08 bits per heavy atom. The van der Waals surface area contributed by atoms with E-state index in [1.54, 1.807) is 18.2 Å². The summed E-state index contributed by atoms with van der Waals surface area (Å²) in [4.78, 5) is 0. The summed E-state index contributed by atoms with van der Waals surface area (Å²) in [5, 5.41) is 12.9. The van der Waals surface area contributed by atoms with Gasteiger partial charge in [-0.05, 0) is 85.5 Å². The van der Waals surface area contributed by atoms with Gasteiger partial charge in [0.2, 0.25) is 0 Å². The highest BCUT2D eigenvalue weighted by Gasteiger charge is 2.24. The molecule has 0 heterocycles. The van der Waals surface area contributed by atoms with Crippen LogP contribution in [0.2, 0.25) is 0 Å². The Labute approximate surface area is 149 Å². The lowest BCUT2D eigenvalue weighted by Gasteiger charge is -2.29. The molecule has 130 valence electrons. The summed E-state index contributed by atoms with van der Waals surface area (Å²) < 4.78 is 13.6. The molecule has 2 aromatic rings. The van der Waals surface area contributed by atoms with Crippen molar-refractivity contribution < 1.29 is 9.50 Å². The molecule has 2 nitrogen and oxygen atoms in total. The number of hydrogen-bond acceptors (Lipinski definition) is 2. The third kappa shape index (κ3) is 4.28. The van der Waals surface area contributed by atoms with Crippen LogP contribution in [-0.4, -0.2) is 18.7 Å². The molecule has 0 saturated carbocycles. The second kappa shape index (κ2) is 8.50. The van der Waals surface area contributed by atoms with Crippen LogP contribution in [0.5, 0.6) is 5.75 Å². The number of halogens is 2. The van der Waals surface area contributed by atoms with E-state index in [4.69, 9.17) is 0 Å². The maximum absolute atomic E-state index is 13.6. The summed E-state index contributed by atoms with van der Waals surface area (Å²) in [5.74, 6) is 0.945. The first-order chi connectivity index (χ1) is 11.2. The molecule has 0 amide bonds. The monoisotopic (exact) mass is 349 g/mol. The molecule has 0 aromatic heterocycles. The van der Waals surface area contributed by atoms with Crippen molar-refractivity contribution in [3.8, 4) is 5.75 Å². The summed E-state index contributed by atoms with van der Waals surface area (Å²) in [6.07, 6.45) is 4.35. The third-order valence-electron chi connectivity index (χ3n) is 4.90. The molecular formula is C20H25ClFNO. The zero-order chi connectivity index (χ0) is 16.2. The molecule has 2 atom stereocenters. The minimum atomic E-state index is -0.169. The maximum Gasteiger partial charge on any atom is 0.123 e. The van der Waals surface area contributed by atoms with Crippen molar-refractivity contribution in [2.45, 2.75) is 37.5 Å². The SMILES string of the molecule is CNCC(CC1CCCc2cc(O)ccc21)c1cccc(F)c1.Cl. The van der Waals surface area contributed by atoms with E-state index >= 15 is 0 Å². The van der Waals surface area contributed by atoms with E-state index in [1.165, 1.54) is 17.2 Å². The number of nitrogens with one attached hydrogen (secondary N) is 1. The number of aryl methyl sites for hydroxylation is 1. The van der Waals surface area contributed by atoms with E-state index in [-0.39, 0.29) is 18.2 Å². The number of benzene rings is 2. The molecule has 0 radical (unpaired) electrons. The average Bonchev–Trinajstić information content (AvgIpc) is 2.54. The molecule has 1 aliphatic rings. The van der Waals surface area contributed by atoms with Crippen molar-refractivity contribution in [2.75, 3.05) is 13.6 Å². The van der Waals surface area contributed by atoms with Crippen LogP contribution in [0.4, 0.5) is 4.39 Å². The van der Waals surface area contributed by atoms with Gasteiger partial charge < -0.3 is 10.4 Å². The zero-order valence-electron chi connectivity index (χ0n) is 14.0. The molecule has 2 aromatic carbocycles. The summed E-state index contributed by atoms with van der Waals surface area (Å²) in [6.45, 7) is 0.841. The molecule has 1 aliphatic carbocycles. The summed E-state index contributed by atoms with van der Waals surface area (Å²) in [5.41, 5.74) is 3.68. The van der Waals surface area contributed by atoms with Gasteiger partial charge in [-0.3, -0.25) is 0 Å². The van der Waals surface area contributed by atoms with Crippen molar-refractivity contribution in [1.82, 2.24) is 5.32 Å². The Hall–Kier alpha value is -1.58. The normalized spacial score (nSPS) is 17.7. The van der Waals surface area contributed by atoms with Gasteiger partial charge in [0.25, 0.3) is 0 Å². The van der Waals surface area contributed by atoms with Crippen molar-refractivity contribution in [3.63, 3.8) is 0 Å². The number of likely N-dealkylation sites (N-methyl/N-ethyl adjacent to an activating group) is 1. The predicted octanol–water partition coefficient (Wildman–Crippen LogP) is 4.77. The number of fused-ring (bicyclic) bond motifs is 1. The molecule has 0 fully saturated rings. The van der Waals surface area contributed by atoms with E-state index in [1.807, 2.05) is 19.2 Å². The van der Waals surface area contributed by atoms with Crippen LogP contribution in [0.15, 0.2) is 42.5 Å². The minimum absolute atomic E-state index is 0. The lowest BCUT2D eigenvalue weighted by atomic mass is 9.76. The lowest BCUT2D eigenvalue weighted by Crippen LogP contribution is -2.21. The molecule has 0 spiro atoms. The van der Waals surface area contributed by atoms with Crippen molar-refractivity contribution >= 4 is 12.4 Å². The van der Waals surface area contributed by atoms with E-state index in [0.717, 1.165) is 37.8 Å². The average molecular weight is 350 g/mol. The van der Waals surface area contributed by atoms with E-state index in [9.17, 15) is 9.50 Å². The highest BCUT2D eigenvalue weighted by molar-refractivity contribution is 5.85. The Morgan fingerprint density at radius 1 is 1.25 bits per heavy atom. The Balaban J connectivity index is 0.00000208. The van der Waals surface area contributed by atoms with Crippen LogP contribution < -0.4 is 5.32 Å². The predicted molar refractivity (Wildman–Crippen MR) is 98.7 cm³/mol. The van der Waals surface area contributed by atoms with Gasteiger partial charge in [0.15, 0.2) is 0 Å². The Morgan fingerprint density at radius 3 is 2.83 bits per heavy atom. The van der Waals surface area contributed by atoms with Crippen LogP contribution in [0.3, 0.4) is 0 Å². The molecule has 0 saturated heterocycles. The Kier molecular flexibility index (Phi) is 6.64. The highest BCUT2D eigenvalue weighted by atomic mass is 35.5. The van der Waals surface area contributed by atoms with E-state index in [2.05, 4.69) is 11.4 Å². The molecule has 3 rings (SSSR count). The molecule has 2 N–H and O–H groups in total. The van der Waals surface area contributed by atoms with Gasteiger partial charge in [-0.25, -0.2) is 4.39 Å². The van der Waals surface area contributed by atoms with Crippen molar-refractivity contribution in [2.24, 2.45) is 0 Å². The molecular weight excluding hydrogens is 325 g/mol. The van der Waals surface area contributed by atoms with Crippen LogP contribution in [0.25, 0.3) is 0 Å². The number of rotatable bonds is 5. The minimum Gasteiger partial charge on any atom is -0.508 e. The first-order valence-corrected chi connectivity index (χ1v) is 8.39. The van der Waals surface area contributed by atoms with Crippen LogP contribution in [0.1, 0.15) is 47.8 Å². The number of aromatic hydroxyl groups is 1. The van der Waals surface area contributed by atoms with Gasteiger partial charge in [0, 0.05) is 6.54 Å². The highest BCUT2D eigenvalue weighted by Crippen LogP contribution is 2.39. The lowest BCUT2D eigenvalue weighted by molar-refractivity contribution is 0.451. The smallest absolute Gasteiger partial charge is 0.123 e. The standard InChI is InChI=1S/C20H24FNO.ClH/c1-22-13-17(14-4-3-7-18(21)11-14)10-15-5-2-6-16-12-19(23)8-9-20(15)16;/h3-4,7-9,11-12,15,17,22-23H,2,5-6,10,13H2,1H3;1H. The fraction of sp³-hybridized carbons (Fsp3) is 0.400. The van der Waals surface area contributed by atoms with E-state index < -0.39 is 0 Å². The van der Waals surface area contributed by atoms with Gasteiger partial charge in [-0.2, -0.15) is 0 Å². The second-order valence-corrected chi connectivity index (χ2v) is 6.52. The number of phenols is 1. The van der Waals surface area contributed by atoms with Gasteiger partial charge >= 0.3 is 0 Å². The summed E-state index contributed by atoms with van der Waals surface area (Å²) in [7, 11) is 1.94. The second-order valence-electron chi connectivity index (χ2n) is 6.52. The zero-order valence-corrected chi connectivity index (χ0v) is 14.8. The van der Waals surface area contributed by atoms with Gasteiger partial charge in [0.05, 0.1) is 0 Å². The first-order valence-electron chi connectivity index (χ1n) is 8.39. The topological polar surface area (TPSA) is 32.3 Å². The summed E-state index contributed by atoms with van der Waals surface area (Å²) in [6, 6.07) is 12.7. The van der Waals surface area contributed by atoms with Crippen molar-refractivity contribution in [1.29, 1.82) is 0 Å². The van der Waals surface area contributed by atoms with Crippen molar-refractivity contribution in [3.05, 3.63) is 65.0 Å². The third-order valence-corrected chi connectivity index (χ3v) is 4.90. The molecule has 24 heavy (non-hydrogen) atoms. The fourth-order valence-corrected chi connectivity index (χ4v) is 3.83. The molecule has 0 bridgehead atoms.